The van der Waals surface area contributed by atoms with E-state index in [2.05, 4.69) is 9.82 Å². The van der Waals surface area contributed by atoms with Crippen LogP contribution in [0.25, 0.3) is 0 Å². The lowest BCUT2D eigenvalue weighted by Crippen LogP contribution is -2.28. The van der Waals surface area contributed by atoms with Gasteiger partial charge >= 0.3 is 0 Å². The normalized spacial score (nSPS) is 17.0. The predicted molar refractivity (Wildman–Crippen MR) is 118 cm³/mol. The van der Waals surface area contributed by atoms with Crippen molar-refractivity contribution in [3.05, 3.63) is 59.7 Å². The van der Waals surface area contributed by atoms with E-state index in [-0.39, 0.29) is 11.5 Å². The SMILES string of the molecule is CCS(=O)(=O)Nc1ccc(C2=NN(S(=O)(=O)CC)C(c3ccc(OC)cc3)C2)cc1. The van der Waals surface area contributed by atoms with Crippen LogP contribution in [-0.2, 0) is 20.0 Å². The summed E-state index contributed by atoms with van der Waals surface area (Å²) < 4.78 is 57.6. The minimum absolute atomic E-state index is 0.0190. The molecule has 1 heterocycles. The summed E-state index contributed by atoms with van der Waals surface area (Å²) in [5.74, 6) is 0.608. The molecule has 2 aromatic rings. The summed E-state index contributed by atoms with van der Waals surface area (Å²) >= 11 is 0. The van der Waals surface area contributed by atoms with E-state index < -0.39 is 26.1 Å². The Labute approximate surface area is 177 Å². The summed E-state index contributed by atoms with van der Waals surface area (Å²) in [4.78, 5) is 0. The fourth-order valence-electron chi connectivity index (χ4n) is 3.11. The first-order chi connectivity index (χ1) is 14.2. The molecule has 1 unspecified atom stereocenters. The van der Waals surface area contributed by atoms with Crippen molar-refractivity contribution < 1.29 is 21.6 Å². The van der Waals surface area contributed by atoms with Crippen LogP contribution >= 0.6 is 0 Å². The van der Waals surface area contributed by atoms with Gasteiger partial charge in [-0.1, -0.05) is 24.3 Å². The maximum absolute atomic E-state index is 12.6. The van der Waals surface area contributed by atoms with Gasteiger partial charge in [0.15, 0.2) is 0 Å². The van der Waals surface area contributed by atoms with Crippen LogP contribution < -0.4 is 9.46 Å². The Morgan fingerprint density at radius 1 is 1.00 bits per heavy atom. The smallest absolute Gasteiger partial charge is 0.250 e. The van der Waals surface area contributed by atoms with Crippen molar-refractivity contribution in [2.24, 2.45) is 5.10 Å². The Balaban J connectivity index is 1.90. The number of hydrogen-bond donors (Lipinski definition) is 1. The van der Waals surface area contributed by atoms with E-state index in [4.69, 9.17) is 4.74 Å². The van der Waals surface area contributed by atoms with Gasteiger partial charge in [0, 0.05) is 12.1 Å². The zero-order valence-corrected chi connectivity index (χ0v) is 18.7. The molecule has 0 amide bonds. The molecule has 3 rings (SSSR count). The molecular formula is C20H25N3O5S2. The number of ether oxygens (including phenoxy) is 1. The monoisotopic (exact) mass is 451 g/mol. The third-order valence-electron chi connectivity index (χ3n) is 4.89. The average Bonchev–Trinajstić information content (AvgIpc) is 3.20. The Bertz CT molecular complexity index is 1130. The zero-order valence-electron chi connectivity index (χ0n) is 17.1. The van der Waals surface area contributed by atoms with Crippen LogP contribution in [0, 0.1) is 0 Å². The molecule has 162 valence electrons. The largest absolute Gasteiger partial charge is 0.497 e. The van der Waals surface area contributed by atoms with Gasteiger partial charge in [0.05, 0.1) is 30.4 Å². The van der Waals surface area contributed by atoms with E-state index in [9.17, 15) is 16.8 Å². The summed E-state index contributed by atoms with van der Waals surface area (Å²) in [7, 11) is -5.36. The Morgan fingerprint density at radius 2 is 1.63 bits per heavy atom. The Kier molecular flexibility index (Phi) is 6.37. The van der Waals surface area contributed by atoms with Gasteiger partial charge in [-0.15, -0.1) is 0 Å². The maximum Gasteiger partial charge on any atom is 0.250 e. The Morgan fingerprint density at radius 3 is 2.17 bits per heavy atom. The number of nitrogens with zero attached hydrogens (tertiary/aromatic N) is 2. The second-order valence-corrected chi connectivity index (χ2v) is 10.9. The lowest BCUT2D eigenvalue weighted by molar-refractivity contribution is 0.371. The van der Waals surface area contributed by atoms with Crippen LogP contribution in [0.15, 0.2) is 53.6 Å². The number of sulfonamides is 2. The lowest BCUT2D eigenvalue weighted by atomic mass is 9.99. The number of hydrogen-bond acceptors (Lipinski definition) is 6. The molecule has 10 heteroatoms. The van der Waals surface area contributed by atoms with Crippen LogP contribution in [0.1, 0.15) is 37.4 Å². The van der Waals surface area contributed by atoms with Gasteiger partial charge in [-0.2, -0.15) is 9.52 Å². The van der Waals surface area contributed by atoms with Gasteiger partial charge in [-0.05, 0) is 49.2 Å². The van der Waals surface area contributed by atoms with Crippen LogP contribution in [0.2, 0.25) is 0 Å². The third-order valence-corrected chi connectivity index (χ3v) is 7.84. The van der Waals surface area contributed by atoms with Crippen LogP contribution in [0.3, 0.4) is 0 Å². The second kappa shape index (κ2) is 8.65. The van der Waals surface area contributed by atoms with Crippen molar-refractivity contribution in [3.63, 3.8) is 0 Å². The maximum atomic E-state index is 12.6. The number of rotatable bonds is 8. The highest BCUT2D eigenvalue weighted by Crippen LogP contribution is 2.35. The minimum Gasteiger partial charge on any atom is -0.497 e. The van der Waals surface area contributed by atoms with E-state index >= 15 is 0 Å². The van der Waals surface area contributed by atoms with Crippen LogP contribution in [0.5, 0.6) is 5.75 Å². The molecule has 1 aliphatic heterocycles. The van der Waals surface area contributed by atoms with Gasteiger partial charge in [-0.3, -0.25) is 4.72 Å². The van der Waals surface area contributed by atoms with Gasteiger partial charge < -0.3 is 4.74 Å². The summed E-state index contributed by atoms with van der Waals surface area (Å²) in [5, 5.41) is 4.41. The summed E-state index contributed by atoms with van der Waals surface area (Å²) in [6.45, 7) is 3.15. The summed E-state index contributed by atoms with van der Waals surface area (Å²) in [5.41, 5.74) is 2.63. The number of hydrazone groups is 1. The van der Waals surface area contributed by atoms with Gasteiger partial charge in [0.2, 0.25) is 20.0 Å². The first-order valence-corrected chi connectivity index (χ1v) is 12.8. The number of benzene rings is 2. The Hall–Kier alpha value is -2.59. The average molecular weight is 452 g/mol. The van der Waals surface area contributed by atoms with E-state index in [1.807, 2.05) is 12.1 Å². The molecule has 0 spiro atoms. The van der Waals surface area contributed by atoms with Gasteiger partial charge in [0.1, 0.15) is 5.75 Å². The molecule has 1 N–H and O–H groups in total. The molecule has 0 saturated carbocycles. The van der Waals surface area contributed by atoms with Crippen molar-refractivity contribution in [2.45, 2.75) is 26.3 Å². The molecule has 8 nitrogen and oxygen atoms in total. The minimum atomic E-state index is -3.56. The third kappa shape index (κ3) is 4.76. The first kappa shape index (κ1) is 22.1. The molecule has 0 bridgehead atoms. The molecule has 0 saturated heterocycles. The van der Waals surface area contributed by atoms with Crippen molar-refractivity contribution in [3.8, 4) is 5.75 Å². The van der Waals surface area contributed by atoms with Crippen molar-refractivity contribution >= 4 is 31.4 Å². The first-order valence-electron chi connectivity index (χ1n) is 9.53. The highest BCUT2D eigenvalue weighted by atomic mass is 32.2. The zero-order chi connectivity index (χ0) is 21.9. The van der Waals surface area contributed by atoms with E-state index in [0.717, 1.165) is 11.1 Å². The predicted octanol–water partition coefficient (Wildman–Crippen LogP) is 2.96. The lowest BCUT2D eigenvalue weighted by Gasteiger charge is -2.22. The number of methoxy groups -OCH3 is 1. The molecule has 1 aliphatic rings. The fraction of sp³-hybridized carbons (Fsp3) is 0.350. The number of nitrogens with one attached hydrogen (secondary N) is 1. The van der Waals surface area contributed by atoms with Gasteiger partial charge in [-0.25, -0.2) is 16.8 Å². The van der Waals surface area contributed by atoms with E-state index in [0.29, 0.717) is 23.6 Å². The summed E-state index contributed by atoms with van der Waals surface area (Å²) in [6, 6.07) is 13.6. The van der Waals surface area contributed by atoms with Crippen LogP contribution in [-0.4, -0.2) is 45.6 Å². The standard InChI is InChI=1S/C20H25N3O5S2/c1-4-29(24,25)22-17-10-6-15(7-11-17)19-14-20(23(21-19)30(26,27)5-2)16-8-12-18(28-3)13-9-16/h6-13,20,22H,4-5,14H2,1-3H3. The van der Waals surface area contributed by atoms with Crippen LogP contribution in [0.4, 0.5) is 5.69 Å². The highest BCUT2D eigenvalue weighted by Gasteiger charge is 2.35. The molecule has 0 aliphatic carbocycles. The molecule has 0 fully saturated rings. The molecule has 30 heavy (non-hydrogen) atoms. The molecule has 2 aromatic carbocycles. The van der Waals surface area contributed by atoms with E-state index in [1.54, 1.807) is 57.4 Å². The quantitative estimate of drug-likeness (QED) is 0.664. The molecule has 1 atom stereocenters. The molecule has 0 aromatic heterocycles. The highest BCUT2D eigenvalue weighted by molar-refractivity contribution is 7.92. The van der Waals surface area contributed by atoms with Crippen molar-refractivity contribution in [2.75, 3.05) is 23.3 Å². The topological polar surface area (TPSA) is 105 Å². The summed E-state index contributed by atoms with van der Waals surface area (Å²) in [6.07, 6.45) is 0.408. The molecule has 0 radical (unpaired) electrons. The van der Waals surface area contributed by atoms with Gasteiger partial charge in [0.25, 0.3) is 0 Å². The van der Waals surface area contributed by atoms with Crippen molar-refractivity contribution in [1.82, 2.24) is 4.41 Å². The number of anilines is 1. The molecular weight excluding hydrogens is 426 g/mol. The second-order valence-electron chi connectivity index (χ2n) is 6.80. The van der Waals surface area contributed by atoms with E-state index in [1.165, 1.54) is 4.41 Å². The fourth-order valence-corrected chi connectivity index (χ4v) is 4.82. The van der Waals surface area contributed by atoms with Crippen molar-refractivity contribution in [1.29, 1.82) is 0 Å².